The molecule has 0 bridgehead atoms. The maximum atomic E-state index is 12.9. The first-order chi connectivity index (χ1) is 12.1. The molecule has 6 nitrogen and oxygen atoms in total. The first-order valence-electron chi connectivity index (χ1n) is 8.75. The molecule has 2 N–H and O–H groups in total. The van der Waals surface area contributed by atoms with Crippen LogP contribution in [0.1, 0.15) is 18.4 Å². The highest BCUT2D eigenvalue weighted by atomic mass is 35.5. The maximum absolute atomic E-state index is 12.9. The Morgan fingerprint density at radius 2 is 1.92 bits per heavy atom. The molecule has 0 aliphatic carbocycles. The van der Waals surface area contributed by atoms with Gasteiger partial charge in [0, 0.05) is 32.1 Å². The fourth-order valence-corrected chi connectivity index (χ4v) is 3.24. The lowest BCUT2D eigenvalue weighted by molar-refractivity contribution is -0.139. The van der Waals surface area contributed by atoms with Crippen molar-refractivity contribution in [2.45, 2.75) is 25.4 Å². The number of halogens is 2. The van der Waals surface area contributed by atoms with Gasteiger partial charge in [0.2, 0.25) is 11.8 Å². The fraction of sp³-hybridized carbons (Fsp3) is 0.556. The Morgan fingerprint density at radius 3 is 2.54 bits per heavy atom. The number of piperidine rings is 1. The van der Waals surface area contributed by atoms with Crippen molar-refractivity contribution in [3.05, 3.63) is 35.6 Å². The highest BCUT2D eigenvalue weighted by Gasteiger charge is 2.31. The first kappa shape index (κ1) is 20.6. The molecule has 8 heteroatoms. The summed E-state index contributed by atoms with van der Waals surface area (Å²) < 4.78 is 18.2. The number of ether oxygens (including phenoxy) is 1. The summed E-state index contributed by atoms with van der Waals surface area (Å²) in [5.41, 5.74) is 0.866. The normalized spacial score (nSPS) is 21.0. The molecule has 1 unspecified atom stereocenters. The summed E-state index contributed by atoms with van der Waals surface area (Å²) in [5, 5.41) is 6.07. The lowest BCUT2D eigenvalue weighted by Gasteiger charge is -2.35. The molecule has 2 fully saturated rings. The third kappa shape index (κ3) is 5.40. The van der Waals surface area contributed by atoms with Crippen LogP contribution in [-0.2, 0) is 20.9 Å². The highest BCUT2D eigenvalue weighted by Crippen LogP contribution is 2.18. The molecule has 0 spiro atoms. The van der Waals surface area contributed by atoms with Crippen LogP contribution in [0, 0.1) is 11.7 Å². The average Bonchev–Trinajstić information content (AvgIpc) is 2.67. The van der Waals surface area contributed by atoms with Gasteiger partial charge in [-0.15, -0.1) is 12.4 Å². The van der Waals surface area contributed by atoms with Crippen LogP contribution in [0.4, 0.5) is 4.39 Å². The minimum atomic E-state index is -0.287. The largest absolute Gasteiger partial charge is 0.378 e. The van der Waals surface area contributed by atoms with E-state index in [1.54, 1.807) is 12.1 Å². The van der Waals surface area contributed by atoms with Gasteiger partial charge in [-0.2, -0.15) is 0 Å². The van der Waals surface area contributed by atoms with Gasteiger partial charge in [-0.3, -0.25) is 9.59 Å². The minimum Gasteiger partial charge on any atom is -0.378 e. The summed E-state index contributed by atoms with van der Waals surface area (Å²) in [4.78, 5) is 26.5. The topological polar surface area (TPSA) is 70.7 Å². The van der Waals surface area contributed by atoms with Gasteiger partial charge in [0.1, 0.15) is 11.9 Å². The highest BCUT2D eigenvalue weighted by molar-refractivity contribution is 5.85. The van der Waals surface area contributed by atoms with E-state index in [0.29, 0.717) is 52.2 Å². The van der Waals surface area contributed by atoms with Crippen LogP contribution in [0.3, 0.4) is 0 Å². The predicted octanol–water partition coefficient (Wildman–Crippen LogP) is 1.09. The molecule has 144 valence electrons. The molecule has 0 saturated carbocycles. The third-order valence-corrected chi connectivity index (χ3v) is 4.78. The van der Waals surface area contributed by atoms with Crippen molar-refractivity contribution in [1.29, 1.82) is 0 Å². The Morgan fingerprint density at radius 1 is 1.23 bits per heavy atom. The molecule has 2 saturated heterocycles. The molecule has 2 heterocycles. The second kappa shape index (κ2) is 9.85. The monoisotopic (exact) mass is 385 g/mol. The average molecular weight is 386 g/mol. The van der Waals surface area contributed by atoms with Gasteiger partial charge in [0.15, 0.2) is 0 Å². The Hall–Kier alpha value is -1.70. The third-order valence-electron chi connectivity index (χ3n) is 4.78. The van der Waals surface area contributed by atoms with Crippen LogP contribution in [0.15, 0.2) is 24.3 Å². The molecular weight excluding hydrogens is 361 g/mol. The number of likely N-dealkylation sites (tertiary alicyclic amines) is 1. The van der Waals surface area contributed by atoms with E-state index in [1.165, 1.54) is 12.1 Å². The first-order valence-corrected chi connectivity index (χ1v) is 8.75. The lowest BCUT2D eigenvalue weighted by Crippen LogP contribution is -2.54. The Labute approximate surface area is 158 Å². The summed E-state index contributed by atoms with van der Waals surface area (Å²) in [6.07, 6.45) is 1.32. The minimum absolute atomic E-state index is 0. The summed E-state index contributed by atoms with van der Waals surface area (Å²) in [6, 6.07) is 5.83. The summed E-state index contributed by atoms with van der Waals surface area (Å²) in [7, 11) is 0. The molecule has 2 amide bonds. The number of morpholine rings is 1. The predicted molar refractivity (Wildman–Crippen MR) is 97.4 cm³/mol. The van der Waals surface area contributed by atoms with E-state index in [-0.39, 0.29) is 42.0 Å². The number of hydrogen-bond acceptors (Lipinski definition) is 4. The quantitative estimate of drug-likeness (QED) is 0.814. The number of nitrogens with one attached hydrogen (secondary N) is 2. The molecule has 2 aliphatic rings. The molecule has 1 atom stereocenters. The van der Waals surface area contributed by atoms with Gasteiger partial charge < -0.3 is 20.3 Å². The molecule has 0 radical (unpaired) electrons. The SMILES string of the molecule is Cl.O=C(NCc1ccc(F)cc1)C1CCN(C(=O)C2COCCN2)CC1. The van der Waals surface area contributed by atoms with Crippen molar-refractivity contribution in [3.63, 3.8) is 0 Å². The van der Waals surface area contributed by atoms with Crippen molar-refractivity contribution >= 4 is 24.2 Å². The van der Waals surface area contributed by atoms with Crippen LogP contribution in [-0.4, -0.2) is 55.6 Å². The maximum Gasteiger partial charge on any atom is 0.242 e. The Balaban J connectivity index is 0.00000243. The zero-order valence-corrected chi connectivity index (χ0v) is 15.4. The number of benzene rings is 1. The molecule has 2 aliphatic heterocycles. The number of rotatable bonds is 4. The molecule has 0 aromatic heterocycles. The van der Waals surface area contributed by atoms with Gasteiger partial charge >= 0.3 is 0 Å². The van der Waals surface area contributed by atoms with Crippen molar-refractivity contribution in [2.24, 2.45) is 5.92 Å². The standard InChI is InChI=1S/C18H24FN3O3.ClH/c19-15-3-1-13(2-4-15)11-21-17(23)14-5-8-22(9-6-14)18(24)16-12-25-10-7-20-16;/h1-4,14,16,20H,5-12H2,(H,21,23);1H. The van der Waals surface area contributed by atoms with Crippen LogP contribution in [0.2, 0.25) is 0 Å². The Bertz CT molecular complexity index is 600. The summed E-state index contributed by atoms with van der Waals surface area (Å²) in [6.45, 7) is 3.31. The molecule has 3 rings (SSSR count). The van der Waals surface area contributed by atoms with Crippen LogP contribution in [0.5, 0.6) is 0 Å². The van der Waals surface area contributed by atoms with Gasteiger partial charge in [-0.1, -0.05) is 12.1 Å². The van der Waals surface area contributed by atoms with Gasteiger partial charge in [0.25, 0.3) is 0 Å². The van der Waals surface area contributed by atoms with Gasteiger partial charge in [-0.25, -0.2) is 4.39 Å². The number of amides is 2. The zero-order valence-electron chi connectivity index (χ0n) is 14.6. The van der Waals surface area contributed by atoms with E-state index in [9.17, 15) is 14.0 Å². The van der Waals surface area contributed by atoms with E-state index in [4.69, 9.17) is 4.74 Å². The van der Waals surface area contributed by atoms with Crippen LogP contribution < -0.4 is 10.6 Å². The van der Waals surface area contributed by atoms with E-state index < -0.39 is 0 Å². The second-order valence-electron chi connectivity index (χ2n) is 6.53. The molecule has 1 aromatic rings. The molecule has 1 aromatic carbocycles. The molecule has 26 heavy (non-hydrogen) atoms. The lowest BCUT2D eigenvalue weighted by atomic mass is 9.95. The van der Waals surface area contributed by atoms with Crippen molar-refractivity contribution in [2.75, 3.05) is 32.8 Å². The van der Waals surface area contributed by atoms with E-state index in [0.717, 1.165) is 5.56 Å². The smallest absolute Gasteiger partial charge is 0.242 e. The second-order valence-corrected chi connectivity index (χ2v) is 6.53. The van der Waals surface area contributed by atoms with E-state index in [2.05, 4.69) is 10.6 Å². The number of nitrogens with zero attached hydrogens (tertiary/aromatic N) is 1. The van der Waals surface area contributed by atoms with E-state index in [1.807, 2.05) is 4.90 Å². The van der Waals surface area contributed by atoms with Gasteiger partial charge in [0.05, 0.1) is 13.2 Å². The number of carbonyl (C=O) groups is 2. The number of hydrogen-bond donors (Lipinski definition) is 2. The van der Waals surface area contributed by atoms with Gasteiger partial charge in [-0.05, 0) is 30.5 Å². The van der Waals surface area contributed by atoms with Crippen LogP contribution in [0.25, 0.3) is 0 Å². The summed E-state index contributed by atoms with van der Waals surface area (Å²) in [5.74, 6) is -0.314. The molecular formula is C18H25ClFN3O3. The fourth-order valence-electron chi connectivity index (χ4n) is 3.24. The van der Waals surface area contributed by atoms with Crippen LogP contribution >= 0.6 is 12.4 Å². The van der Waals surface area contributed by atoms with Crippen molar-refractivity contribution in [1.82, 2.24) is 15.5 Å². The van der Waals surface area contributed by atoms with Crippen molar-refractivity contribution in [3.8, 4) is 0 Å². The number of carbonyl (C=O) groups excluding carboxylic acids is 2. The van der Waals surface area contributed by atoms with Crippen molar-refractivity contribution < 1.29 is 18.7 Å². The summed E-state index contributed by atoms with van der Waals surface area (Å²) >= 11 is 0. The Kier molecular flexibility index (Phi) is 7.81. The van der Waals surface area contributed by atoms with E-state index >= 15 is 0 Å². The zero-order chi connectivity index (χ0) is 17.6.